The van der Waals surface area contributed by atoms with Crippen LogP contribution in [0.2, 0.25) is 5.02 Å². The van der Waals surface area contributed by atoms with Crippen molar-refractivity contribution in [3.05, 3.63) is 75.1 Å². The third kappa shape index (κ3) is 3.35. The van der Waals surface area contributed by atoms with Crippen LogP contribution < -0.4 is 5.73 Å². The molecule has 0 fully saturated rings. The number of allylic oxidation sites excluding steroid dienone is 3. The quantitative estimate of drug-likeness (QED) is 0.530. The summed E-state index contributed by atoms with van der Waals surface area (Å²) in [4.78, 5) is 4.33. The van der Waals surface area contributed by atoms with E-state index in [0.717, 1.165) is 22.3 Å². The smallest absolute Gasteiger partial charge is 0.142 e. The molecule has 0 atom stereocenters. The van der Waals surface area contributed by atoms with Crippen LogP contribution in [0.5, 0.6) is 0 Å². The molecule has 2 heterocycles. The van der Waals surface area contributed by atoms with Gasteiger partial charge in [0.25, 0.3) is 0 Å². The van der Waals surface area contributed by atoms with Gasteiger partial charge in [-0.3, -0.25) is 0 Å². The molecule has 148 valence electrons. The Kier molecular flexibility index (Phi) is 5.71. The number of aromatic nitrogens is 1. The molecule has 2 N–H and O–H groups in total. The first-order chi connectivity index (χ1) is 13.9. The molecule has 0 bridgehead atoms. The van der Waals surface area contributed by atoms with Crippen LogP contribution in [0.25, 0.3) is 28.5 Å². The molecule has 1 aliphatic rings. The van der Waals surface area contributed by atoms with Gasteiger partial charge in [-0.25, -0.2) is 4.98 Å². The monoisotopic (exact) mass is 434 g/mol. The summed E-state index contributed by atoms with van der Waals surface area (Å²) < 4.78 is 5.99. The topological polar surface area (TPSA) is 99.6 Å². The molecule has 1 aliphatic carbocycles. The van der Waals surface area contributed by atoms with Gasteiger partial charge in [-0.05, 0) is 60.9 Å². The number of nitrogen functional groups attached to an aromatic ring is 1. The SMILES string of the molecule is CC1=C(C#N)c2nc(N)c(C#N)c(C)c2C1=Cc1ccc(-c2cccc(Cl)c2)o1.Cl. The second kappa shape index (κ2) is 8.08. The molecule has 30 heavy (non-hydrogen) atoms. The van der Waals surface area contributed by atoms with Crippen LogP contribution in [-0.2, 0) is 0 Å². The molecule has 5 nitrogen and oxygen atoms in total. The fourth-order valence-corrected chi connectivity index (χ4v) is 3.76. The van der Waals surface area contributed by atoms with Crippen molar-refractivity contribution >= 4 is 47.0 Å². The molecule has 0 aliphatic heterocycles. The molecule has 3 aromatic rings. The normalized spacial score (nSPS) is 13.6. The third-order valence-electron chi connectivity index (χ3n) is 5.01. The van der Waals surface area contributed by atoms with Gasteiger partial charge in [0.15, 0.2) is 0 Å². The summed E-state index contributed by atoms with van der Waals surface area (Å²) >= 11 is 6.07. The van der Waals surface area contributed by atoms with Crippen molar-refractivity contribution in [3.8, 4) is 23.5 Å². The number of nitriles is 2. The predicted molar refractivity (Wildman–Crippen MR) is 121 cm³/mol. The van der Waals surface area contributed by atoms with Crippen LogP contribution in [0.15, 0.2) is 46.4 Å². The van der Waals surface area contributed by atoms with Gasteiger partial charge in [0.2, 0.25) is 0 Å². The highest BCUT2D eigenvalue weighted by Gasteiger charge is 2.29. The molecule has 7 heteroatoms. The number of rotatable bonds is 2. The zero-order valence-corrected chi connectivity index (χ0v) is 17.7. The maximum Gasteiger partial charge on any atom is 0.142 e. The van der Waals surface area contributed by atoms with Crippen LogP contribution in [0.1, 0.15) is 35.1 Å². The second-order valence-corrected chi connectivity index (χ2v) is 7.15. The Morgan fingerprint density at radius 3 is 2.57 bits per heavy atom. The number of nitrogens with zero attached hydrogens (tertiary/aromatic N) is 3. The van der Waals surface area contributed by atoms with Crippen molar-refractivity contribution in [2.24, 2.45) is 0 Å². The summed E-state index contributed by atoms with van der Waals surface area (Å²) in [5.74, 6) is 1.44. The second-order valence-electron chi connectivity index (χ2n) is 6.71. The van der Waals surface area contributed by atoms with Gasteiger partial charge in [-0.2, -0.15) is 10.5 Å². The van der Waals surface area contributed by atoms with E-state index < -0.39 is 0 Å². The lowest BCUT2D eigenvalue weighted by molar-refractivity contribution is 0.572. The average molecular weight is 435 g/mol. The minimum Gasteiger partial charge on any atom is -0.457 e. The maximum absolute atomic E-state index is 9.64. The van der Waals surface area contributed by atoms with Gasteiger partial charge in [-0.1, -0.05) is 23.7 Å². The number of nitrogens with two attached hydrogens (primary N) is 1. The summed E-state index contributed by atoms with van der Waals surface area (Å²) in [5.41, 5.74) is 11.1. The lowest BCUT2D eigenvalue weighted by atomic mass is 9.96. The Labute approximate surface area is 185 Å². The van der Waals surface area contributed by atoms with Crippen molar-refractivity contribution in [1.82, 2.24) is 4.98 Å². The first-order valence-corrected chi connectivity index (χ1v) is 9.22. The van der Waals surface area contributed by atoms with E-state index in [9.17, 15) is 10.5 Å². The van der Waals surface area contributed by atoms with Gasteiger partial charge in [-0.15, -0.1) is 12.4 Å². The first kappa shape index (κ1) is 21.2. The van der Waals surface area contributed by atoms with Crippen molar-refractivity contribution in [1.29, 1.82) is 10.5 Å². The fourth-order valence-electron chi connectivity index (χ4n) is 3.57. The zero-order valence-electron chi connectivity index (χ0n) is 16.2. The zero-order chi connectivity index (χ0) is 20.7. The van der Waals surface area contributed by atoms with E-state index in [-0.39, 0.29) is 18.2 Å². The highest BCUT2D eigenvalue weighted by Crippen LogP contribution is 2.44. The number of pyridine rings is 1. The highest BCUT2D eigenvalue weighted by molar-refractivity contribution is 6.30. The standard InChI is InChI=1S/C23H15ClN4O.ClH/c1-12-17(9-16-6-7-20(29-16)14-4-3-5-15(24)8-14)21-13(2)19(11-26)23(27)28-22(21)18(12)10-25;/h3-9H,1-2H3,(H2,27,28);1H. The van der Waals surface area contributed by atoms with Gasteiger partial charge >= 0.3 is 0 Å². The summed E-state index contributed by atoms with van der Waals surface area (Å²) in [7, 11) is 0. The first-order valence-electron chi connectivity index (χ1n) is 8.84. The Morgan fingerprint density at radius 2 is 1.90 bits per heavy atom. The largest absolute Gasteiger partial charge is 0.457 e. The minimum absolute atomic E-state index is 0. The Hall–Kier alpha value is -3.51. The molecule has 0 spiro atoms. The van der Waals surface area contributed by atoms with Gasteiger partial charge < -0.3 is 10.2 Å². The molecule has 4 rings (SSSR count). The Morgan fingerprint density at radius 1 is 1.13 bits per heavy atom. The molecule has 0 radical (unpaired) electrons. The molecule has 0 saturated carbocycles. The van der Waals surface area contributed by atoms with E-state index in [2.05, 4.69) is 17.1 Å². The predicted octanol–water partition coefficient (Wildman–Crippen LogP) is 6.03. The summed E-state index contributed by atoms with van der Waals surface area (Å²) in [6.07, 6.45) is 1.86. The van der Waals surface area contributed by atoms with Crippen molar-refractivity contribution in [2.75, 3.05) is 5.73 Å². The number of hydrogen-bond acceptors (Lipinski definition) is 5. The lowest BCUT2D eigenvalue weighted by Crippen LogP contribution is -2.03. The fraction of sp³-hybridized carbons (Fsp3) is 0.0870. The highest BCUT2D eigenvalue weighted by atomic mass is 35.5. The van der Waals surface area contributed by atoms with Gasteiger partial charge in [0.1, 0.15) is 29.5 Å². The van der Waals surface area contributed by atoms with E-state index in [1.807, 2.05) is 50.3 Å². The van der Waals surface area contributed by atoms with Crippen LogP contribution in [-0.4, -0.2) is 4.98 Å². The van der Waals surface area contributed by atoms with Crippen LogP contribution in [0.4, 0.5) is 5.82 Å². The van der Waals surface area contributed by atoms with Crippen LogP contribution in [0, 0.1) is 29.6 Å². The Balaban J connectivity index is 0.00000256. The van der Waals surface area contributed by atoms with E-state index in [4.69, 9.17) is 21.8 Å². The minimum atomic E-state index is 0. The molecule has 2 aromatic heterocycles. The number of fused-ring (bicyclic) bond motifs is 1. The van der Waals surface area contributed by atoms with Crippen LogP contribution in [0.3, 0.4) is 0 Å². The summed E-state index contributed by atoms with van der Waals surface area (Å²) in [5, 5.41) is 19.7. The number of furan rings is 1. The van der Waals surface area contributed by atoms with Gasteiger partial charge in [0.05, 0.1) is 16.8 Å². The Bertz CT molecular complexity index is 1320. The van der Waals surface area contributed by atoms with E-state index in [0.29, 0.717) is 38.9 Å². The average Bonchev–Trinajstić information content (AvgIpc) is 3.25. The number of benzene rings is 1. The molecule has 0 saturated heterocycles. The summed E-state index contributed by atoms with van der Waals surface area (Å²) in [6, 6.07) is 15.4. The van der Waals surface area contributed by atoms with Crippen molar-refractivity contribution in [2.45, 2.75) is 13.8 Å². The molecule has 0 amide bonds. The molecule has 0 unspecified atom stereocenters. The molecular weight excluding hydrogens is 419 g/mol. The molecular formula is C23H16Cl2N4O. The van der Waals surface area contributed by atoms with E-state index in [1.54, 1.807) is 6.07 Å². The van der Waals surface area contributed by atoms with Crippen LogP contribution >= 0.6 is 24.0 Å². The number of halogens is 2. The third-order valence-corrected chi connectivity index (χ3v) is 5.24. The summed E-state index contributed by atoms with van der Waals surface area (Å²) in [6.45, 7) is 3.67. The number of anilines is 1. The van der Waals surface area contributed by atoms with Crippen molar-refractivity contribution < 1.29 is 4.42 Å². The molecule has 1 aromatic carbocycles. The van der Waals surface area contributed by atoms with E-state index in [1.165, 1.54) is 0 Å². The maximum atomic E-state index is 9.64. The lowest BCUT2D eigenvalue weighted by Gasteiger charge is -2.10. The van der Waals surface area contributed by atoms with E-state index >= 15 is 0 Å². The van der Waals surface area contributed by atoms with Gasteiger partial charge in [0, 0.05) is 16.1 Å². The number of hydrogen-bond donors (Lipinski definition) is 1. The van der Waals surface area contributed by atoms with Crippen molar-refractivity contribution in [3.63, 3.8) is 0 Å².